The van der Waals surface area contributed by atoms with Crippen LogP contribution in [0.3, 0.4) is 0 Å². The Morgan fingerprint density at radius 2 is 2.04 bits per heavy atom. The first-order chi connectivity index (χ1) is 11.7. The quantitative estimate of drug-likeness (QED) is 0.585. The van der Waals surface area contributed by atoms with Gasteiger partial charge in [0.1, 0.15) is 12.2 Å². The van der Waals surface area contributed by atoms with E-state index in [1.54, 1.807) is 13.0 Å². The number of carbonyl (C=O) groups excluding carboxylic acids is 2. The Balaban J connectivity index is 2.05. The molecule has 0 saturated heterocycles. The Labute approximate surface area is 147 Å². The van der Waals surface area contributed by atoms with Crippen molar-refractivity contribution in [1.29, 1.82) is 0 Å². The van der Waals surface area contributed by atoms with E-state index in [-0.39, 0.29) is 23.8 Å². The summed E-state index contributed by atoms with van der Waals surface area (Å²) in [6.07, 6.45) is 5.25. The second kappa shape index (κ2) is 6.39. The molecule has 134 valence electrons. The van der Waals surface area contributed by atoms with Crippen LogP contribution in [0.15, 0.2) is 47.1 Å². The fourth-order valence-electron chi connectivity index (χ4n) is 3.76. The van der Waals surface area contributed by atoms with Gasteiger partial charge in [0, 0.05) is 17.9 Å². The van der Waals surface area contributed by atoms with E-state index in [9.17, 15) is 14.7 Å². The summed E-state index contributed by atoms with van der Waals surface area (Å²) < 4.78 is 11.2. The van der Waals surface area contributed by atoms with Crippen molar-refractivity contribution in [2.75, 3.05) is 0 Å². The van der Waals surface area contributed by atoms with Crippen LogP contribution < -0.4 is 0 Å². The number of ether oxygens (including phenoxy) is 2. The summed E-state index contributed by atoms with van der Waals surface area (Å²) in [5.41, 5.74) is 2.72. The molecule has 0 radical (unpaired) electrons. The molecular weight excluding hydrogens is 320 g/mol. The van der Waals surface area contributed by atoms with Gasteiger partial charge in [0.15, 0.2) is 5.78 Å². The monoisotopic (exact) mass is 344 g/mol. The summed E-state index contributed by atoms with van der Waals surface area (Å²) in [5, 5.41) is 10.9. The molecule has 25 heavy (non-hydrogen) atoms. The van der Waals surface area contributed by atoms with Gasteiger partial charge in [0.25, 0.3) is 0 Å². The minimum absolute atomic E-state index is 0.151. The summed E-state index contributed by atoms with van der Waals surface area (Å²) in [6.45, 7) is 9.36. The number of Topliss-reactive ketones (excluding diaryl/α,β-unsaturated/α-hetero) is 1. The molecule has 3 rings (SSSR count). The minimum atomic E-state index is -1.64. The number of fused-ring (bicyclic) bond motifs is 3. The van der Waals surface area contributed by atoms with Gasteiger partial charge in [-0.3, -0.25) is 4.79 Å². The third-order valence-corrected chi connectivity index (χ3v) is 4.99. The van der Waals surface area contributed by atoms with Crippen LogP contribution in [0.4, 0.5) is 0 Å². The van der Waals surface area contributed by atoms with Gasteiger partial charge in [-0.25, -0.2) is 4.79 Å². The highest BCUT2D eigenvalue weighted by Gasteiger charge is 2.42. The molecule has 1 N–H and O–H groups in total. The number of carbonyl (C=O) groups is 2. The van der Waals surface area contributed by atoms with E-state index >= 15 is 0 Å². The maximum Gasteiger partial charge on any atom is 0.334 e. The third-order valence-electron chi connectivity index (χ3n) is 4.99. The zero-order valence-corrected chi connectivity index (χ0v) is 14.9. The fraction of sp³-hybridized carbons (Fsp3) is 0.500. The number of rotatable bonds is 1. The lowest BCUT2D eigenvalue weighted by Crippen LogP contribution is -2.46. The Kier molecular flexibility index (Phi) is 4.56. The van der Waals surface area contributed by atoms with Crippen molar-refractivity contribution < 1.29 is 24.2 Å². The van der Waals surface area contributed by atoms with Crippen molar-refractivity contribution in [3.8, 4) is 0 Å². The number of esters is 1. The number of aliphatic hydroxyl groups is 1. The first-order valence-corrected chi connectivity index (χ1v) is 8.58. The predicted molar refractivity (Wildman–Crippen MR) is 92.5 cm³/mol. The largest absolute Gasteiger partial charge is 0.454 e. The smallest absolute Gasteiger partial charge is 0.334 e. The standard InChI is InChI=1S/C20H24O5/c1-11(2)16-6-5-14-8-15(24-19(14)22)7-12(3)9-20(23)10-13(4)17(21)18(16)25-20/h8-10,15-16,18,23H,1,5-7H2,2-4H3/b12-9-/t15-,16-,18-,20?/m0/s1. The molecule has 0 aromatic carbocycles. The zero-order chi connectivity index (χ0) is 18.4. The molecule has 3 aliphatic rings. The Hall–Kier alpha value is -1.98. The average molecular weight is 344 g/mol. The summed E-state index contributed by atoms with van der Waals surface area (Å²) in [7, 11) is 0. The predicted octanol–water partition coefficient (Wildman–Crippen LogP) is 2.76. The van der Waals surface area contributed by atoms with Crippen LogP contribution in [0, 0.1) is 5.92 Å². The SMILES string of the molecule is C=C(C)[C@@H]1CCC2=C[C@H](C/C(C)=C\C3(O)C=C(C)C(=O)[C@H]1O3)OC2=O. The fourth-order valence-corrected chi connectivity index (χ4v) is 3.76. The van der Waals surface area contributed by atoms with Crippen molar-refractivity contribution in [2.45, 2.75) is 58.0 Å². The van der Waals surface area contributed by atoms with Crippen LogP contribution >= 0.6 is 0 Å². The molecule has 4 bridgehead atoms. The van der Waals surface area contributed by atoms with Crippen LogP contribution in [-0.2, 0) is 19.1 Å². The van der Waals surface area contributed by atoms with Crippen molar-refractivity contribution in [3.05, 3.63) is 47.1 Å². The maximum atomic E-state index is 12.6. The lowest BCUT2D eigenvalue weighted by Gasteiger charge is -2.37. The summed E-state index contributed by atoms with van der Waals surface area (Å²) in [6, 6.07) is 0. The van der Waals surface area contributed by atoms with Crippen LogP contribution in [-0.4, -0.2) is 34.9 Å². The molecule has 4 atom stereocenters. The van der Waals surface area contributed by atoms with Gasteiger partial charge in [0.05, 0.1) is 0 Å². The molecule has 3 heterocycles. The molecule has 0 amide bonds. The van der Waals surface area contributed by atoms with E-state index < -0.39 is 11.9 Å². The third kappa shape index (κ3) is 3.53. The lowest BCUT2D eigenvalue weighted by molar-refractivity contribution is -0.187. The van der Waals surface area contributed by atoms with E-state index in [1.807, 2.05) is 19.9 Å². The summed E-state index contributed by atoms with van der Waals surface area (Å²) >= 11 is 0. The van der Waals surface area contributed by atoms with Crippen LogP contribution in [0.2, 0.25) is 0 Å². The maximum absolute atomic E-state index is 12.6. The number of hydrogen-bond acceptors (Lipinski definition) is 5. The second-order valence-electron chi connectivity index (χ2n) is 7.30. The zero-order valence-electron chi connectivity index (χ0n) is 14.9. The van der Waals surface area contributed by atoms with Gasteiger partial charge in [-0.2, -0.15) is 0 Å². The van der Waals surface area contributed by atoms with E-state index in [1.165, 1.54) is 6.08 Å². The first kappa shape index (κ1) is 17.8. The van der Waals surface area contributed by atoms with E-state index in [2.05, 4.69) is 6.58 Å². The topological polar surface area (TPSA) is 72.8 Å². The molecule has 5 heteroatoms. The van der Waals surface area contributed by atoms with E-state index in [4.69, 9.17) is 9.47 Å². The van der Waals surface area contributed by atoms with Crippen LogP contribution in [0.5, 0.6) is 0 Å². The minimum Gasteiger partial charge on any atom is -0.454 e. The van der Waals surface area contributed by atoms with Gasteiger partial charge in [-0.05, 0) is 57.4 Å². The van der Waals surface area contributed by atoms with Gasteiger partial charge >= 0.3 is 5.97 Å². The molecule has 0 spiro atoms. The normalized spacial score (nSPS) is 37.8. The second-order valence-corrected chi connectivity index (χ2v) is 7.30. The molecule has 0 saturated carbocycles. The van der Waals surface area contributed by atoms with E-state index in [0.717, 1.165) is 11.1 Å². The average Bonchev–Trinajstić information content (AvgIpc) is 2.82. The Morgan fingerprint density at radius 3 is 2.72 bits per heavy atom. The first-order valence-electron chi connectivity index (χ1n) is 8.58. The summed E-state index contributed by atoms with van der Waals surface area (Å²) in [5.74, 6) is -2.39. The highest BCUT2D eigenvalue weighted by molar-refractivity contribution is 5.99. The highest BCUT2D eigenvalue weighted by Crippen LogP contribution is 2.36. The van der Waals surface area contributed by atoms with Crippen molar-refractivity contribution >= 4 is 11.8 Å². The molecule has 0 aromatic heterocycles. The Morgan fingerprint density at radius 1 is 1.32 bits per heavy atom. The molecule has 1 unspecified atom stereocenters. The highest BCUT2D eigenvalue weighted by atomic mass is 16.6. The molecule has 3 aliphatic heterocycles. The van der Waals surface area contributed by atoms with Gasteiger partial charge in [-0.15, -0.1) is 0 Å². The molecule has 5 nitrogen and oxygen atoms in total. The van der Waals surface area contributed by atoms with Crippen LogP contribution in [0.1, 0.15) is 40.0 Å². The molecule has 0 aliphatic carbocycles. The van der Waals surface area contributed by atoms with Gasteiger partial charge in [0.2, 0.25) is 5.79 Å². The van der Waals surface area contributed by atoms with E-state index in [0.29, 0.717) is 30.4 Å². The molecule has 0 aromatic rings. The number of hydrogen-bond donors (Lipinski definition) is 1. The molecule has 0 fully saturated rings. The van der Waals surface area contributed by atoms with Crippen molar-refractivity contribution in [1.82, 2.24) is 0 Å². The van der Waals surface area contributed by atoms with Gasteiger partial charge in [-0.1, -0.05) is 17.7 Å². The number of ketones is 1. The lowest BCUT2D eigenvalue weighted by atomic mass is 9.83. The van der Waals surface area contributed by atoms with Crippen molar-refractivity contribution in [3.63, 3.8) is 0 Å². The van der Waals surface area contributed by atoms with Gasteiger partial charge < -0.3 is 14.6 Å². The van der Waals surface area contributed by atoms with Crippen LogP contribution in [0.25, 0.3) is 0 Å². The molecular formula is C20H24O5. The Bertz CT molecular complexity index is 726. The van der Waals surface area contributed by atoms with Crippen molar-refractivity contribution in [2.24, 2.45) is 5.92 Å². The summed E-state index contributed by atoms with van der Waals surface area (Å²) in [4.78, 5) is 24.7.